The Bertz CT molecular complexity index is 393. The highest BCUT2D eigenvalue weighted by Crippen LogP contribution is 2.16. The van der Waals surface area contributed by atoms with Gasteiger partial charge in [-0.25, -0.2) is 0 Å². The maximum absolute atomic E-state index is 11.9. The second-order valence-electron chi connectivity index (χ2n) is 4.83. The molecule has 1 amide bonds. The fourth-order valence-electron chi connectivity index (χ4n) is 2.22. The molecule has 0 unspecified atom stereocenters. The normalized spacial score (nSPS) is 20.7. The van der Waals surface area contributed by atoms with Crippen molar-refractivity contribution < 1.29 is 9.53 Å². The van der Waals surface area contributed by atoms with Crippen LogP contribution in [0, 0.1) is 0 Å². The summed E-state index contributed by atoms with van der Waals surface area (Å²) < 4.78 is 5.38. The number of hydrogen-bond acceptors (Lipinski definition) is 2. The average Bonchev–Trinajstić information content (AvgIpc) is 2.92. The van der Waals surface area contributed by atoms with E-state index in [2.05, 4.69) is 36.5 Å². The summed E-state index contributed by atoms with van der Waals surface area (Å²) in [5.74, 6) is 0.0135. The third kappa shape index (κ3) is 3.10. The van der Waals surface area contributed by atoms with Crippen molar-refractivity contribution in [2.45, 2.75) is 45.3 Å². The molecule has 1 aliphatic heterocycles. The van der Waals surface area contributed by atoms with Gasteiger partial charge in [-0.3, -0.25) is 4.79 Å². The summed E-state index contributed by atoms with van der Waals surface area (Å²) >= 11 is 0. The first-order valence-corrected chi connectivity index (χ1v) is 6.71. The van der Waals surface area contributed by atoms with Crippen LogP contribution in [0.4, 0.5) is 0 Å². The summed E-state index contributed by atoms with van der Waals surface area (Å²) in [5, 5.41) is 3.01. The molecule has 98 valence electrons. The van der Waals surface area contributed by atoms with E-state index in [1.54, 1.807) is 0 Å². The van der Waals surface area contributed by atoms with Crippen molar-refractivity contribution in [2.24, 2.45) is 0 Å². The Morgan fingerprint density at radius 1 is 1.44 bits per heavy atom. The van der Waals surface area contributed by atoms with Crippen LogP contribution in [0.1, 0.15) is 43.9 Å². The Morgan fingerprint density at radius 2 is 2.17 bits per heavy atom. The second-order valence-corrected chi connectivity index (χ2v) is 4.83. The van der Waals surface area contributed by atoms with Crippen LogP contribution in [-0.4, -0.2) is 18.6 Å². The molecule has 18 heavy (non-hydrogen) atoms. The van der Waals surface area contributed by atoms with Crippen molar-refractivity contribution in [2.75, 3.05) is 6.61 Å². The largest absolute Gasteiger partial charge is 0.368 e. The molecule has 0 bridgehead atoms. The maximum atomic E-state index is 11.9. The summed E-state index contributed by atoms with van der Waals surface area (Å²) in [6.07, 6.45) is 2.62. The molecule has 0 radical (unpaired) electrons. The van der Waals surface area contributed by atoms with Gasteiger partial charge in [-0.2, -0.15) is 0 Å². The molecule has 0 spiro atoms. The number of rotatable bonds is 4. The van der Waals surface area contributed by atoms with Gasteiger partial charge < -0.3 is 10.1 Å². The summed E-state index contributed by atoms with van der Waals surface area (Å²) in [6.45, 7) is 4.85. The predicted molar refractivity (Wildman–Crippen MR) is 71.4 cm³/mol. The van der Waals surface area contributed by atoms with Gasteiger partial charge in [0.15, 0.2) is 0 Å². The third-order valence-electron chi connectivity index (χ3n) is 3.47. The molecular weight excluding hydrogens is 226 g/mol. The Labute approximate surface area is 109 Å². The van der Waals surface area contributed by atoms with E-state index < -0.39 is 0 Å². The van der Waals surface area contributed by atoms with Crippen LogP contribution in [0.5, 0.6) is 0 Å². The fourth-order valence-corrected chi connectivity index (χ4v) is 2.22. The van der Waals surface area contributed by atoms with Crippen molar-refractivity contribution in [1.82, 2.24) is 5.32 Å². The molecule has 1 fully saturated rings. The highest BCUT2D eigenvalue weighted by Gasteiger charge is 2.24. The molecule has 0 aromatic heterocycles. The van der Waals surface area contributed by atoms with E-state index in [0.29, 0.717) is 6.61 Å². The summed E-state index contributed by atoms with van der Waals surface area (Å²) in [4.78, 5) is 11.9. The standard InChI is InChI=1S/C15H21NO2/c1-3-12-6-8-13(9-7-12)11(2)16-15(17)14-5-4-10-18-14/h6-9,11,14H,3-5,10H2,1-2H3,(H,16,17)/t11-,14+/m1/s1. The smallest absolute Gasteiger partial charge is 0.249 e. The molecule has 0 aliphatic carbocycles. The van der Waals surface area contributed by atoms with Crippen molar-refractivity contribution in [3.63, 3.8) is 0 Å². The van der Waals surface area contributed by atoms with E-state index >= 15 is 0 Å². The van der Waals surface area contributed by atoms with E-state index in [-0.39, 0.29) is 18.1 Å². The highest BCUT2D eigenvalue weighted by molar-refractivity contribution is 5.81. The van der Waals surface area contributed by atoms with E-state index in [1.165, 1.54) is 5.56 Å². The second kappa shape index (κ2) is 6.01. The summed E-state index contributed by atoms with van der Waals surface area (Å²) in [6, 6.07) is 8.43. The lowest BCUT2D eigenvalue weighted by Crippen LogP contribution is -2.35. The van der Waals surface area contributed by atoms with Gasteiger partial charge in [-0.1, -0.05) is 31.2 Å². The van der Waals surface area contributed by atoms with Crippen molar-refractivity contribution in [1.29, 1.82) is 0 Å². The molecule has 2 rings (SSSR count). The zero-order valence-corrected chi connectivity index (χ0v) is 11.1. The predicted octanol–water partition coefficient (Wildman–Crippen LogP) is 2.61. The number of ether oxygens (including phenoxy) is 1. The molecule has 1 aromatic carbocycles. The molecule has 3 heteroatoms. The molecule has 1 aliphatic rings. The van der Waals surface area contributed by atoms with Gasteiger partial charge in [0.05, 0.1) is 6.04 Å². The Morgan fingerprint density at radius 3 is 2.72 bits per heavy atom. The van der Waals surface area contributed by atoms with Crippen molar-refractivity contribution >= 4 is 5.91 Å². The van der Waals surface area contributed by atoms with Crippen molar-refractivity contribution in [3.05, 3.63) is 35.4 Å². The molecule has 1 heterocycles. The molecule has 0 saturated carbocycles. The van der Waals surface area contributed by atoms with Crippen LogP contribution in [-0.2, 0) is 16.0 Å². The van der Waals surface area contributed by atoms with E-state index in [9.17, 15) is 4.79 Å². The average molecular weight is 247 g/mol. The van der Waals surface area contributed by atoms with Gasteiger partial charge in [0.1, 0.15) is 6.10 Å². The van der Waals surface area contributed by atoms with Crippen LogP contribution < -0.4 is 5.32 Å². The molecule has 1 N–H and O–H groups in total. The number of carbonyl (C=O) groups excluding carboxylic acids is 1. The number of hydrogen-bond donors (Lipinski definition) is 1. The van der Waals surface area contributed by atoms with Crippen LogP contribution in [0.15, 0.2) is 24.3 Å². The molecule has 3 nitrogen and oxygen atoms in total. The van der Waals surface area contributed by atoms with Gasteiger partial charge >= 0.3 is 0 Å². The van der Waals surface area contributed by atoms with Crippen LogP contribution >= 0.6 is 0 Å². The maximum Gasteiger partial charge on any atom is 0.249 e. The fraction of sp³-hybridized carbons (Fsp3) is 0.533. The van der Waals surface area contributed by atoms with E-state index in [1.807, 2.05) is 6.92 Å². The topological polar surface area (TPSA) is 38.3 Å². The number of benzene rings is 1. The third-order valence-corrected chi connectivity index (χ3v) is 3.47. The lowest BCUT2D eigenvalue weighted by atomic mass is 10.0. The van der Waals surface area contributed by atoms with Gasteiger partial charge in [0.25, 0.3) is 0 Å². The molecule has 2 atom stereocenters. The monoisotopic (exact) mass is 247 g/mol. The lowest BCUT2D eigenvalue weighted by molar-refractivity contribution is -0.130. The van der Waals surface area contributed by atoms with E-state index in [0.717, 1.165) is 24.8 Å². The number of carbonyl (C=O) groups is 1. The minimum atomic E-state index is -0.248. The first-order valence-electron chi connectivity index (χ1n) is 6.71. The Hall–Kier alpha value is -1.35. The first kappa shape index (κ1) is 13.1. The molecule has 1 saturated heterocycles. The Balaban J connectivity index is 1.93. The minimum absolute atomic E-state index is 0.0135. The van der Waals surface area contributed by atoms with Crippen LogP contribution in [0.2, 0.25) is 0 Å². The number of amides is 1. The summed E-state index contributed by atoms with van der Waals surface area (Å²) in [7, 11) is 0. The van der Waals surface area contributed by atoms with Crippen molar-refractivity contribution in [3.8, 4) is 0 Å². The summed E-state index contributed by atoms with van der Waals surface area (Å²) in [5.41, 5.74) is 2.45. The van der Waals surface area contributed by atoms with E-state index in [4.69, 9.17) is 4.74 Å². The van der Waals surface area contributed by atoms with Crippen LogP contribution in [0.3, 0.4) is 0 Å². The molecule has 1 aromatic rings. The van der Waals surface area contributed by atoms with Gasteiger partial charge in [0.2, 0.25) is 5.91 Å². The molecular formula is C15H21NO2. The minimum Gasteiger partial charge on any atom is -0.368 e. The first-order chi connectivity index (χ1) is 8.70. The lowest BCUT2D eigenvalue weighted by Gasteiger charge is -2.17. The van der Waals surface area contributed by atoms with Gasteiger partial charge in [-0.15, -0.1) is 0 Å². The van der Waals surface area contributed by atoms with Crippen LogP contribution in [0.25, 0.3) is 0 Å². The quantitative estimate of drug-likeness (QED) is 0.888. The Kier molecular flexibility index (Phi) is 4.37. The van der Waals surface area contributed by atoms with Gasteiger partial charge in [-0.05, 0) is 37.3 Å². The highest BCUT2D eigenvalue weighted by atomic mass is 16.5. The van der Waals surface area contributed by atoms with Gasteiger partial charge in [0, 0.05) is 6.61 Å². The number of aryl methyl sites for hydroxylation is 1. The SMILES string of the molecule is CCc1ccc([C@@H](C)NC(=O)[C@@H]2CCCO2)cc1. The zero-order chi connectivity index (χ0) is 13.0. The number of nitrogens with one attached hydrogen (secondary N) is 1. The zero-order valence-electron chi connectivity index (χ0n) is 11.1.